The van der Waals surface area contributed by atoms with Crippen LogP contribution in [0.1, 0.15) is 98.2 Å². The molecule has 5 atom stereocenters. The number of carbonyl (C=O) groups excluding carboxylic acids is 4. The van der Waals surface area contributed by atoms with Crippen LogP contribution in [0, 0.1) is 11.8 Å². The molecule has 2 aliphatic heterocycles. The second kappa shape index (κ2) is 16.9. The number of ether oxygens (including phenoxy) is 1. The standard InChI is InChI=1S/C36H56N4O5/c1-9-16-31(27-17-11-10-12-18-27)45-36(44)29-20-15-22-40(29)34(42)26(6)23-30(24(2)3)39(8)35(43)32(25(4)5)37-33(41)28-19-13-14-21-38(28)7/h10-12,17-18,23-25,28-32H,9,13-16,19-22H2,1-8H3,(H,37,41)/b26-23+/t28-,29+,30-,31+,32+/m1/s1. The molecule has 2 fully saturated rings. The van der Waals surface area contributed by atoms with E-state index in [1.54, 1.807) is 23.8 Å². The first-order valence-electron chi connectivity index (χ1n) is 16.9. The summed E-state index contributed by atoms with van der Waals surface area (Å²) in [6, 6.07) is 7.81. The highest BCUT2D eigenvalue weighted by molar-refractivity contribution is 5.96. The first-order chi connectivity index (χ1) is 21.4. The van der Waals surface area contributed by atoms with Crippen molar-refractivity contribution in [3.8, 4) is 0 Å². The van der Waals surface area contributed by atoms with E-state index in [-0.39, 0.29) is 53.7 Å². The van der Waals surface area contributed by atoms with Gasteiger partial charge in [0.2, 0.25) is 17.7 Å². The monoisotopic (exact) mass is 624 g/mol. The van der Waals surface area contributed by atoms with Gasteiger partial charge in [-0.05, 0) is 70.0 Å². The van der Waals surface area contributed by atoms with Gasteiger partial charge in [0.25, 0.3) is 0 Å². The van der Waals surface area contributed by atoms with E-state index in [2.05, 4.69) is 17.1 Å². The van der Waals surface area contributed by atoms with E-state index in [0.29, 0.717) is 25.0 Å². The molecule has 9 heteroatoms. The SMILES string of the molecule is CCC[C@H](OC(=O)[C@@H]1CCCN1C(=O)/C(C)=C/[C@H](C(C)C)N(C)C(=O)[C@@H](NC(=O)[C@H]1CCCCN1C)C(C)C)c1ccccc1. The molecule has 1 aromatic rings. The highest BCUT2D eigenvalue weighted by Crippen LogP contribution is 2.28. The number of nitrogens with zero attached hydrogens (tertiary/aromatic N) is 3. The molecule has 45 heavy (non-hydrogen) atoms. The zero-order valence-corrected chi connectivity index (χ0v) is 28.8. The number of hydrogen-bond donors (Lipinski definition) is 1. The van der Waals surface area contributed by atoms with Crippen molar-refractivity contribution in [2.75, 3.05) is 27.2 Å². The molecule has 0 unspecified atom stereocenters. The van der Waals surface area contributed by atoms with E-state index >= 15 is 0 Å². The molecule has 2 saturated heterocycles. The van der Waals surface area contributed by atoms with Crippen LogP contribution in [0.4, 0.5) is 0 Å². The summed E-state index contributed by atoms with van der Waals surface area (Å²) in [4.78, 5) is 59.6. The molecule has 3 rings (SSSR count). The molecule has 3 amide bonds. The summed E-state index contributed by atoms with van der Waals surface area (Å²) in [6.45, 7) is 13.0. The number of nitrogens with one attached hydrogen (secondary N) is 1. The topological polar surface area (TPSA) is 99.3 Å². The van der Waals surface area contributed by atoms with Crippen LogP contribution in [0.3, 0.4) is 0 Å². The van der Waals surface area contributed by atoms with E-state index in [1.807, 2.05) is 71.2 Å². The third-order valence-corrected chi connectivity index (χ3v) is 9.31. The zero-order chi connectivity index (χ0) is 33.3. The van der Waals surface area contributed by atoms with E-state index in [1.165, 1.54) is 0 Å². The van der Waals surface area contributed by atoms with Crippen LogP contribution in [0.25, 0.3) is 0 Å². The predicted octanol–water partition coefficient (Wildman–Crippen LogP) is 5.12. The number of rotatable bonds is 13. The number of piperidine rings is 1. The van der Waals surface area contributed by atoms with Crippen LogP contribution in [-0.2, 0) is 23.9 Å². The molecule has 0 saturated carbocycles. The van der Waals surface area contributed by atoms with Gasteiger partial charge in [-0.15, -0.1) is 0 Å². The van der Waals surface area contributed by atoms with E-state index < -0.39 is 12.1 Å². The maximum atomic E-state index is 13.9. The summed E-state index contributed by atoms with van der Waals surface area (Å²) in [5.74, 6) is -0.987. The van der Waals surface area contributed by atoms with Crippen molar-refractivity contribution in [1.29, 1.82) is 0 Å². The molecule has 2 heterocycles. The van der Waals surface area contributed by atoms with Gasteiger partial charge >= 0.3 is 5.97 Å². The van der Waals surface area contributed by atoms with E-state index in [9.17, 15) is 19.2 Å². The summed E-state index contributed by atoms with van der Waals surface area (Å²) in [6.07, 6.45) is 7.20. The van der Waals surface area contributed by atoms with Crippen LogP contribution in [0.15, 0.2) is 42.0 Å². The Balaban J connectivity index is 1.73. The molecule has 1 aromatic carbocycles. The molecule has 2 aliphatic rings. The van der Waals surface area contributed by atoms with Crippen molar-refractivity contribution < 1.29 is 23.9 Å². The summed E-state index contributed by atoms with van der Waals surface area (Å²) in [5, 5.41) is 3.05. The van der Waals surface area contributed by atoms with Crippen molar-refractivity contribution in [3.05, 3.63) is 47.5 Å². The zero-order valence-electron chi connectivity index (χ0n) is 28.8. The molecule has 0 bridgehead atoms. The fourth-order valence-corrected chi connectivity index (χ4v) is 6.54. The Bertz CT molecular complexity index is 1180. The highest BCUT2D eigenvalue weighted by Gasteiger charge is 2.38. The number of carbonyl (C=O) groups is 4. The smallest absolute Gasteiger partial charge is 0.329 e. The third kappa shape index (κ3) is 9.41. The van der Waals surface area contributed by atoms with Crippen LogP contribution >= 0.6 is 0 Å². The summed E-state index contributed by atoms with van der Waals surface area (Å²) in [7, 11) is 3.70. The van der Waals surface area contributed by atoms with Gasteiger partial charge < -0.3 is 19.9 Å². The van der Waals surface area contributed by atoms with Crippen molar-refractivity contribution >= 4 is 23.7 Å². The number of likely N-dealkylation sites (tertiary alicyclic amines) is 2. The molecule has 1 N–H and O–H groups in total. The Morgan fingerprint density at radius 3 is 2.24 bits per heavy atom. The summed E-state index contributed by atoms with van der Waals surface area (Å²) < 4.78 is 6.00. The van der Waals surface area contributed by atoms with Crippen LogP contribution in [0.2, 0.25) is 0 Å². The predicted molar refractivity (Wildman–Crippen MR) is 177 cm³/mol. The minimum absolute atomic E-state index is 0.00899. The number of amides is 3. The Morgan fingerprint density at radius 2 is 1.64 bits per heavy atom. The average molecular weight is 625 g/mol. The largest absolute Gasteiger partial charge is 0.456 e. The van der Waals surface area contributed by atoms with Crippen molar-refractivity contribution in [2.45, 2.75) is 117 Å². The average Bonchev–Trinajstić information content (AvgIpc) is 3.51. The van der Waals surface area contributed by atoms with Crippen LogP contribution in [-0.4, -0.2) is 89.7 Å². The maximum absolute atomic E-state index is 13.9. The van der Waals surface area contributed by atoms with Crippen molar-refractivity contribution in [1.82, 2.24) is 20.0 Å². The molecule has 0 radical (unpaired) electrons. The molecular formula is C36H56N4O5. The van der Waals surface area contributed by atoms with Gasteiger partial charge in [-0.2, -0.15) is 0 Å². The lowest BCUT2D eigenvalue weighted by Gasteiger charge is -2.36. The molecular weight excluding hydrogens is 568 g/mol. The summed E-state index contributed by atoms with van der Waals surface area (Å²) in [5.41, 5.74) is 1.43. The van der Waals surface area contributed by atoms with Gasteiger partial charge in [-0.3, -0.25) is 19.3 Å². The lowest BCUT2D eigenvalue weighted by atomic mass is 9.96. The Morgan fingerprint density at radius 1 is 0.978 bits per heavy atom. The Kier molecular flexibility index (Phi) is 13.6. The highest BCUT2D eigenvalue weighted by atomic mass is 16.5. The van der Waals surface area contributed by atoms with Gasteiger partial charge in [0, 0.05) is 19.2 Å². The number of likely N-dealkylation sites (N-methyl/N-ethyl adjacent to an activating group) is 2. The molecule has 0 spiro atoms. The number of benzene rings is 1. The molecule has 0 aliphatic carbocycles. The van der Waals surface area contributed by atoms with Gasteiger partial charge in [0.15, 0.2) is 0 Å². The van der Waals surface area contributed by atoms with Crippen LogP contribution in [0.5, 0.6) is 0 Å². The first kappa shape index (κ1) is 36.3. The van der Waals surface area contributed by atoms with Crippen molar-refractivity contribution in [2.24, 2.45) is 11.8 Å². The minimum Gasteiger partial charge on any atom is -0.456 e. The third-order valence-electron chi connectivity index (χ3n) is 9.31. The molecule has 9 nitrogen and oxygen atoms in total. The van der Waals surface area contributed by atoms with Gasteiger partial charge in [-0.1, -0.05) is 83.9 Å². The van der Waals surface area contributed by atoms with E-state index in [4.69, 9.17) is 4.74 Å². The van der Waals surface area contributed by atoms with Gasteiger partial charge in [0.1, 0.15) is 18.2 Å². The Labute approximate surface area is 270 Å². The van der Waals surface area contributed by atoms with Gasteiger partial charge in [0.05, 0.1) is 12.1 Å². The fourth-order valence-electron chi connectivity index (χ4n) is 6.54. The van der Waals surface area contributed by atoms with Crippen molar-refractivity contribution in [3.63, 3.8) is 0 Å². The van der Waals surface area contributed by atoms with Crippen LogP contribution < -0.4 is 5.32 Å². The number of esters is 1. The number of hydrogen-bond acceptors (Lipinski definition) is 6. The quantitative estimate of drug-likeness (QED) is 0.242. The van der Waals surface area contributed by atoms with Gasteiger partial charge in [-0.25, -0.2) is 4.79 Å². The lowest BCUT2D eigenvalue weighted by Crippen LogP contribution is -2.57. The first-order valence-corrected chi connectivity index (χ1v) is 16.9. The second-order valence-electron chi connectivity index (χ2n) is 13.5. The minimum atomic E-state index is -0.679. The fraction of sp³-hybridized carbons (Fsp3) is 0.667. The Hall–Kier alpha value is -3.20. The normalized spacial score (nSPS) is 21.4. The lowest BCUT2D eigenvalue weighted by molar-refractivity contribution is -0.158. The molecule has 250 valence electrons. The summed E-state index contributed by atoms with van der Waals surface area (Å²) >= 11 is 0. The molecule has 0 aromatic heterocycles. The van der Waals surface area contributed by atoms with E-state index in [0.717, 1.165) is 44.2 Å². The maximum Gasteiger partial charge on any atom is 0.329 e. The second-order valence-corrected chi connectivity index (χ2v) is 13.5.